The zero-order valence-corrected chi connectivity index (χ0v) is 8.76. The van der Waals surface area contributed by atoms with Crippen molar-refractivity contribution in [1.29, 1.82) is 0 Å². The summed E-state index contributed by atoms with van der Waals surface area (Å²) in [5.74, 6) is 8.00. The van der Waals surface area contributed by atoms with E-state index < -0.39 is 12.3 Å². The van der Waals surface area contributed by atoms with E-state index in [0.29, 0.717) is 0 Å². The predicted octanol–water partition coefficient (Wildman–Crippen LogP) is 1.32. The number of carboxylic acid groups (broad SMARTS) is 4. The van der Waals surface area contributed by atoms with Gasteiger partial charge in [0.1, 0.15) is 0 Å². The Kier molecular flexibility index (Phi) is 132. The summed E-state index contributed by atoms with van der Waals surface area (Å²) in [6.45, 7) is 8.00. The van der Waals surface area contributed by atoms with Crippen LogP contribution < -0.4 is 11.7 Å². The molecule has 8 nitrogen and oxygen atoms in total. The lowest BCUT2D eigenvalue weighted by Gasteiger charge is -1.60. The number of carbonyl (C=O) groups is 2. The zero-order valence-electron chi connectivity index (χ0n) is 8.76. The van der Waals surface area contributed by atoms with Crippen LogP contribution in [-0.4, -0.2) is 32.7 Å². The molecule has 0 atom stereocenters. The molecular weight excluding hydrogens is 196 g/mol. The number of nitrogens with two attached hydrogens (primary N) is 2. The summed E-state index contributed by atoms with van der Waals surface area (Å²) in [5.41, 5.74) is 0. The fourth-order valence-electron chi connectivity index (χ4n) is 0. The van der Waals surface area contributed by atoms with Crippen molar-refractivity contribution in [3.8, 4) is 0 Å². The second kappa shape index (κ2) is 63.0. The minimum absolute atomic E-state index is 1.83. The van der Waals surface area contributed by atoms with Gasteiger partial charge in [-0.2, -0.15) is 0 Å². The highest BCUT2D eigenvalue weighted by molar-refractivity contribution is 5.53. The number of hydrogen-bond donors (Lipinski definition) is 6. The largest absolute Gasteiger partial charge is 0.503 e. The first kappa shape index (κ1) is 29.4. The number of rotatable bonds is 0. The Morgan fingerprint density at radius 3 is 0.714 bits per heavy atom. The Bertz CT molecular complexity index is 78.3. The van der Waals surface area contributed by atoms with Crippen LogP contribution in [0.15, 0.2) is 0 Å². The molecule has 0 fully saturated rings. The molecule has 0 radical (unpaired) electrons. The normalized spacial score (nSPS) is 4.71. The van der Waals surface area contributed by atoms with Crippen LogP contribution in [0.25, 0.3) is 0 Å². The molecule has 0 unspecified atom stereocenters. The lowest BCUT2D eigenvalue weighted by molar-refractivity contribution is 0.135. The molecule has 0 aromatic heterocycles. The Hall–Kier alpha value is -1.54. The SMILES string of the molecule is CC.CC.NN.O=C(O)O.O=C(O)O. The highest BCUT2D eigenvalue weighted by Gasteiger charge is 1.70. The Morgan fingerprint density at radius 1 is 0.714 bits per heavy atom. The summed E-state index contributed by atoms with van der Waals surface area (Å²) >= 11 is 0. The van der Waals surface area contributed by atoms with Gasteiger partial charge >= 0.3 is 12.3 Å². The topological polar surface area (TPSA) is 167 Å². The molecule has 0 saturated carbocycles. The van der Waals surface area contributed by atoms with Crippen LogP contribution in [0.1, 0.15) is 27.7 Å². The summed E-state index contributed by atoms with van der Waals surface area (Å²) < 4.78 is 0. The van der Waals surface area contributed by atoms with Crippen molar-refractivity contribution in [2.75, 3.05) is 0 Å². The third-order valence-electron chi connectivity index (χ3n) is 0. The first-order valence-electron chi connectivity index (χ1n) is 3.64. The predicted molar refractivity (Wildman–Crippen MR) is 52.4 cm³/mol. The molecule has 0 rings (SSSR count). The average molecular weight is 216 g/mol. The molecule has 0 heterocycles. The molecule has 8 N–H and O–H groups in total. The summed E-state index contributed by atoms with van der Waals surface area (Å²) in [7, 11) is 0. The van der Waals surface area contributed by atoms with Crippen molar-refractivity contribution in [2.45, 2.75) is 27.7 Å². The van der Waals surface area contributed by atoms with Crippen LogP contribution in [-0.2, 0) is 0 Å². The van der Waals surface area contributed by atoms with Crippen molar-refractivity contribution in [2.24, 2.45) is 11.7 Å². The van der Waals surface area contributed by atoms with Crippen molar-refractivity contribution >= 4 is 12.3 Å². The van der Waals surface area contributed by atoms with Crippen LogP contribution in [0.4, 0.5) is 9.59 Å². The Balaban J connectivity index is -0.0000000255. The third-order valence-corrected chi connectivity index (χ3v) is 0. The standard InChI is InChI=1S/2C2H6.2CH2O3.H4N2/c2*1-2;2*2-1(3)4;1-2/h2*1-2H3;2*(H2,2,3,4);1-2H2. The lowest BCUT2D eigenvalue weighted by Crippen LogP contribution is -2.02. The van der Waals surface area contributed by atoms with Gasteiger partial charge in [-0.1, -0.05) is 27.7 Å². The Labute approximate surface area is 82.7 Å². The van der Waals surface area contributed by atoms with E-state index in [1.54, 1.807) is 0 Å². The van der Waals surface area contributed by atoms with E-state index in [1.165, 1.54) is 0 Å². The van der Waals surface area contributed by atoms with Gasteiger partial charge in [-0.3, -0.25) is 11.7 Å². The fourth-order valence-corrected chi connectivity index (χ4v) is 0. The molecule has 0 aromatic rings. The maximum Gasteiger partial charge on any atom is 0.503 e. The van der Waals surface area contributed by atoms with Crippen molar-refractivity contribution in [3.63, 3.8) is 0 Å². The lowest BCUT2D eigenvalue weighted by atomic mass is 11.0. The third kappa shape index (κ3) is 395. The molecule has 0 aliphatic carbocycles. The van der Waals surface area contributed by atoms with Crippen LogP contribution in [0.3, 0.4) is 0 Å². The summed E-state index contributed by atoms with van der Waals surface area (Å²) in [6.07, 6.45) is -3.67. The second-order valence-corrected chi connectivity index (χ2v) is 0.565. The van der Waals surface area contributed by atoms with Gasteiger partial charge < -0.3 is 20.4 Å². The number of hydrogen-bond acceptors (Lipinski definition) is 4. The smallest absolute Gasteiger partial charge is 0.450 e. The molecule has 0 aromatic carbocycles. The molecule has 0 aliphatic heterocycles. The highest BCUT2D eigenvalue weighted by Crippen LogP contribution is 1.43. The molecular formula is C6H20N2O6. The Morgan fingerprint density at radius 2 is 0.714 bits per heavy atom. The van der Waals surface area contributed by atoms with E-state index in [9.17, 15) is 0 Å². The van der Waals surface area contributed by atoms with E-state index in [0.717, 1.165) is 0 Å². The zero-order chi connectivity index (χ0) is 13.2. The van der Waals surface area contributed by atoms with E-state index in [1.807, 2.05) is 27.7 Å². The molecule has 90 valence electrons. The van der Waals surface area contributed by atoms with Gasteiger partial charge in [-0.25, -0.2) is 9.59 Å². The molecule has 0 spiro atoms. The van der Waals surface area contributed by atoms with Gasteiger partial charge in [0.15, 0.2) is 0 Å². The van der Waals surface area contributed by atoms with Gasteiger partial charge in [-0.05, 0) is 0 Å². The minimum atomic E-state index is -1.83. The van der Waals surface area contributed by atoms with Gasteiger partial charge in [0.25, 0.3) is 0 Å². The number of hydrazine groups is 1. The fraction of sp³-hybridized carbons (Fsp3) is 0.667. The van der Waals surface area contributed by atoms with Crippen LogP contribution in [0.2, 0.25) is 0 Å². The van der Waals surface area contributed by atoms with E-state index in [4.69, 9.17) is 30.0 Å². The van der Waals surface area contributed by atoms with Crippen LogP contribution in [0, 0.1) is 0 Å². The van der Waals surface area contributed by atoms with Gasteiger partial charge in [0.05, 0.1) is 0 Å². The van der Waals surface area contributed by atoms with E-state index in [-0.39, 0.29) is 0 Å². The maximum absolute atomic E-state index is 8.56. The van der Waals surface area contributed by atoms with E-state index in [2.05, 4.69) is 11.7 Å². The maximum atomic E-state index is 8.56. The van der Waals surface area contributed by atoms with Crippen molar-refractivity contribution in [3.05, 3.63) is 0 Å². The minimum Gasteiger partial charge on any atom is -0.450 e. The average Bonchev–Trinajstić information content (AvgIpc) is 2.12. The van der Waals surface area contributed by atoms with Crippen LogP contribution >= 0.6 is 0 Å². The summed E-state index contributed by atoms with van der Waals surface area (Å²) in [4.78, 5) is 17.1. The molecule has 0 saturated heterocycles. The first-order valence-corrected chi connectivity index (χ1v) is 3.64. The summed E-state index contributed by atoms with van der Waals surface area (Å²) in [6, 6.07) is 0. The summed E-state index contributed by atoms with van der Waals surface area (Å²) in [5, 5.41) is 27.9. The van der Waals surface area contributed by atoms with Crippen molar-refractivity contribution in [1.82, 2.24) is 0 Å². The van der Waals surface area contributed by atoms with Crippen molar-refractivity contribution < 1.29 is 30.0 Å². The second-order valence-electron chi connectivity index (χ2n) is 0.565. The molecule has 0 bridgehead atoms. The molecule has 14 heavy (non-hydrogen) atoms. The first-order chi connectivity index (χ1) is 6.46. The quantitative estimate of drug-likeness (QED) is 0.260. The van der Waals surface area contributed by atoms with Crippen LogP contribution in [0.5, 0.6) is 0 Å². The van der Waals surface area contributed by atoms with E-state index >= 15 is 0 Å². The highest BCUT2D eigenvalue weighted by atomic mass is 16.6. The van der Waals surface area contributed by atoms with Gasteiger partial charge in [-0.15, -0.1) is 0 Å². The van der Waals surface area contributed by atoms with Gasteiger partial charge in [0, 0.05) is 0 Å². The van der Waals surface area contributed by atoms with Gasteiger partial charge in [0.2, 0.25) is 0 Å². The molecule has 8 heteroatoms. The monoisotopic (exact) mass is 216 g/mol. The molecule has 0 aliphatic rings. The molecule has 0 amide bonds.